The van der Waals surface area contributed by atoms with Crippen molar-refractivity contribution in [3.63, 3.8) is 0 Å². The highest BCUT2D eigenvalue weighted by molar-refractivity contribution is 7.99. The summed E-state index contributed by atoms with van der Waals surface area (Å²) in [6.45, 7) is 0. The van der Waals surface area contributed by atoms with Crippen LogP contribution in [0.15, 0.2) is 60.7 Å². The van der Waals surface area contributed by atoms with Crippen molar-refractivity contribution < 1.29 is 0 Å². The minimum atomic E-state index is 1.03. The normalized spacial score (nSPS) is 14.5. The van der Waals surface area contributed by atoms with Gasteiger partial charge in [0.15, 0.2) is 0 Å². The second-order valence-electron chi connectivity index (χ2n) is 5.07. The maximum Gasteiger partial charge on any atom is 0.0329 e. The number of benzene rings is 2. The summed E-state index contributed by atoms with van der Waals surface area (Å²) in [5.41, 5.74) is 5.03. The molecule has 2 bridgehead atoms. The molecule has 2 aromatic rings. The third-order valence-electron chi connectivity index (χ3n) is 3.45. The highest BCUT2D eigenvalue weighted by atomic mass is 32.2. The van der Waals surface area contributed by atoms with Crippen LogP contribution >= 0.6 is 23.5 Å². The van der Waals surface area contributed by atoms with E-state index in [0.29, 0.717) is 0 Å². The Labute approximate surface area is 141 Å². The summed E-state index contributed by atoms with van der Waals surface area (Å²) in [6.07, 6.45) is 4.56. The maximum atomic E-state index is 3.44. The molecule has 0 spiro atoms. The molecule has 0 unspecified atom stereocenters. The fraction of sp³-hybridized carbons (Fsp3) is 0.200. The summed E-state index contributed by atoms with van der Waals surface area (Å²) in [7, 11) is 0. The van der Waals surface area contributed by atoms with E-state index in [4.69, 9.17) is 0 Å². The van der Waals surface area contributed by atoms with Crippen molar-refractivity contribution in [3.8, 4) is 11.8 Å². The molecule has 22 heavy (non-hydrogen) atoms. The van der Waals surface area contributed by atoms with E-state index in [0.717, 1.165) is 28.6 Å². The number of hydrogen-bond acceptors (Lipinski definition) is 2. The van der Waals surface area contributed by atoms with Crippen LogP contribution in [0.25, 0.3) is 0 Å². The summed E-state index contributed by atoms with van der Waals surface area (Å²) in [6, 6.07) is 16.8. The van der Waals surface area contributed by atoms with Crippen LogP contribution in [0.2, 0.25) is 0 Å². The van der Waals surface area contributed by atoms with Crippen LogP contribution in [0.1, 0.15) is 22.3 Å². The van der Waals surface area contributed by atoms with Crippen molar-refractivity contribution in [2.45, 2.75) is 11.5 Å². The average molecular weight is 322 g/mol. The molecule has 0 aromatic heterocycles. The third-order valence-corrected chi connectivity index (χ3v) is 5.34. The molecule has 0 saturated heterocycles. The third kappa shape index (κ3) is 4.22. The van der Waals surface area contributed by atoms with E-state index in [1.165, 1.54) is 16.7 Å². The minimum absolute atomic E-state index is 1.03. The molecule has 2 heteroatoms. The number of rotatable bonds is 0. The molecule has 1 aliphatic rings. The highest BCUT2D eigenvalue weighted by Crippen LogP contribution is 2.24. The Morgan fingerprint density at radius 3 is 1.95 bits per heavy atom. The van der Waals surface area contributed by atoms with Gasteiger partial charge in [-0.3, -0.25) is 0 Å². The van der Waals surface area contributed by atoms with Crippen LogP contribution in [0.4, 0.5) is 0 Å². The molecule has 0 atom stereocenters. The first-order valence-corrected chi connectivity index (χ1v) is 9.73. The van der Waals surface area contributed by atoms with Crippen molar-refractivity contribution >= 4 is 23.5 Å². The fourth-order valence-electron chi connectivity index (χ4n) is 2.32. The van der Waals surface area contributed by atoms with Crippen LogP contribution in [0.5, 0.6) is 0 Å². The van der Waals surface area contributed by atoms with Gasteiger partial charge in [0.05, 0.1) is 0 Å². The van der Waals surface area contributed by atoms with Crippen molar-refractivity contribution in [3.05, 3.63) is 82.9 Å². The first-order chi connectivity index (χ1) is 10.9. The Morgan fingerprint density at radius 1 is 0.682 bits per heavy atom. The Morgan fingerprint density at radius 2 is 1.32 bits per heavy atom. The zero-order chi connectivity index (χ0) is 15.0. The van der Waals surface area contributed by atoms with Gasteiger partial charge in [-0.15, -0.1) is 0 Å². The van der Waals surface area contributed by atoms with Gasteiger partial charge in [-0.1, -0.05) is 60.4 Å². The Bertz CT molecular complexity index is 675. The molecule has 0 saturated carbocycles. The van der Waals surface area contributed by atoms with Gasteiger partial charge >= 0.3 is 0 Å². The van der Waals surface area contributed by atoms with E-state index < -0.39 is 0 Å². The van der Waals surface area contributed by atoms with E-state index in [1.54, 1.807) is 0 Å². The fourth-order valence-corrected chi connectivity index (χ4v) is 4.02. The summed E-state index contributed by atoms with van der Waals surface area (Å²) in [4.78, 5) is 0. The van der Waals surface area contributed by atoms with E-state index in [2.05, 4.69) is 54.3 Å². The van der Waals surface area contributed by atoms with Crippen LogP contribution < -0.4 is 0 Å². The molecule has 0 fully saturated rings. The zero-order valence-electron chi connectivity index (χ0n) is 12.4. The van der Waals surface area contributed by atoms with Crippen molar-refractivity contribution in [2.24, 2.45) is 0 Å². The lowest BCUT2D eigenvalue weighted by atomic mass is 10.0. The summed E-state index contributed by atoms with van der Waals surface area (Å²) in [5.74, 6) is 11.0. The lowest BCUT2D eigenvalue weighted by molar-refractivity contribution is 1.30. The number of thioether (sulfide) groups is 2. The van der Waals surface area contributed by atoms with Crippen molar-refractivity contribution in [1.82, 2.24) is 0 Å². The predicted octanol–water partition coefficient (Wildman–Crippen LogP) is 5.12. The van der Waals surface area contributed by atoms with Crippen LogP contribution in [0.3, 0.4) is 0 Å². The van der Waals surface area contributed by atoms with E-state index >= 15 is 0 Å². The van der Waals surface area contributed by atoms with E-state index in [1.807, 2.05) is 41.7 Å². The second kappa shape index (κ2) is 8.17. The van der Waals surface area contributed by atoms with Gasteiger partial charge in [0.1, 0.15) is 0 Å². The number of hydrogen-bond donors (Lipinski definition) is 0. The van der Waals surface area contributed by atoms with Gasteiger partial charge < -0.3 is 0 Å². The van der Waals surface area contributed by atoms with Gasteiger partial charge in [0.25, 0.3) is 0 Å². The summed E-state index contributed by atoms with van der Waals surface area (Å²) >= 11 is 3.91. The smallest absolute Gasteiger partial charge is 0.0329 e. The van der Waals surface area contributed by atoms with Gasteiger partial charge in [0.2, 0.25) is 0 Å². The van der Waals surface area contributed by atoms with Crippen LogP contribution in [0, 0.1) is 11.8 Å². The molecule has 0 N–H and O–H groups in total. The zero-order valence-corrected chi connectivity index (χ0v) is 14.1. The van der Waals surface area contributed by atoms with Gasteiger partial charge in [-0.25, -0.2) is 0 Å². The van der Waals surface area contributed by atoms with Crippen LogP contribution in [-0.2, 0) is 11.5 Å². The lowest BCUT2D eigenvalue weighted by Crippen LogP contribution is -1.95. The minimum Gasteiger partial charge on any atom is -0.153 e. The molecule has 0 nitrogen and oxygen atoms in total. The molecule has 0 aliphatic carbocycles. The molecule has 0 radical (unpaired) electrons. The number of fused-ring (bicyclic) bond motifs is 2. The van der Waals surface area contributed by atoms with Gasteiger partial charge in [-0.05, 0) is 23.3 Å². The highest BCUT2D eigenvalue weighted by Gasteiger charge is 2.07. The molecule has 2 aromatic carbocycles. The molecule has 0 amide bonds. The SMILES string of the molecule is C(#Cc1c2cccc1CSCC=CCSC2)c1ccccc1. The molecular formula is C20H18S2. The Balaban J connectivity index is 1.95. The average Bonchev–Trinajstić information content (AvgIpc) is 2.58. The summed E-state index contributed by atoms with van der Waals surface area (Å²) in [5, 5.41) is 0. The summed E-state index contributed by atoms with van der Waals surface area (Å²) < 4.78 is 0. The second-order valence-corrected chi connectivity index (χ2v) is 7.13. The van der Waals surface area contributed by atoms with E-state index in [-0.39, 0.29) is 0 Å². The molecular weight excluding hydrogens is 304 g/mol. The van der Waals surface area contributed by atoms with Gasteiger partial charge in [-0.2, -0.15) is 23.5 Å². The standard InChI is InChI=1S/C20H18S2/c1-2-7-17(8-3-1)11-12-20-18-9-6-10-19(20)16-22-14-5-4-13-21-15-18/h1-10H,13-16H2. The van der Waals surface area contributed by atoms with Crippen molar-refractivity contribution in [2.75, 3.05) is 11.5 Å². The van der Waals surface area contributed by atoms with E-state index in [9.17, 15) is 0 Å². The predicted molar refractivity (Wildman–Crippen MR) is 100 cm³/mol. The van der Waals surface area contributed by atoms with Crippen molar-refractivity contribution in [1.29, 1.82) is 0 Å². The molecule has 3 rings (SSSR count). The first kappa shape index (κ1) is 15.3. The quantitative estimate of drug-likeness (QED) is 0.487. The lowest BCUT2D eigenvalue weighted by Gasteiger charge is -2.09. The van der Waals surface area contributed by atoms with Crippen LogP contribution in [-0.4, -0.2) is 11.5 Å². The van der Waals surface area contributed by atoms with Gasteiger partial charge in [0, 0.05) is 34.1 Å². The largest absolute Gasteiger partial charge is 0.153 e. The maximum absolute atomic E-state index is 3.44. The molecule has 1 heterocycles. The monoisotopic (exact) mass is 322 g/mol. The Kier molecular flexibility index (Phi) is 5.70. The Hall–Kier alpha value is -1.56. The molecule has 1 aliphatic heterocycles. The molecule has 110 valence electrons. The first-order valence-electron chi connectivity index (χ1n) is 7.42. The topological polar surface area (TPSA) is 0 Å².